The number of amides is 3. The predicted octanol–water partition coefficient (Wildman–Crippen LogP) is 4.41. The highest BCUT2D eigenvalue weighted by molar-refractivity contribution is 7.90. The minimum absolute atomic E-state index is 0.0402. The molecule has 0 spiro atoms. The fourth-order valence-corrected chi connectivity index (χ4v) is 9.47. The van der Waals surface area contributed by atoms with Crippen LogP contribution >= 0.6 is 0 Å². The Morgan fingerprint density at radius 3 is 2.46 bits per heavy atom. The Morgan fingerprint density at radius 2 is 1.78 bits per heavy atom. The lowest BCUT2D eigenvalue weighted by Crippen LogP contribution is -2.48. The second-order valence-electron chi connectivity index (χ2n) is 16.1. The fraction of sp³-hybridized carbons (Fsp3) is 0.703. The molecule has 1 saturated heterocycles. The van der Waals surface area contributed by atoms with Crippen molar-refractivity contribution in [2.24, 2.45) is 22.7 Å². The van der Waals surface area contributed by atoms with Crippen LogP contribution in [0.4, 0.5) is 4.79 Å². The molecule has 0 radical (unpaired) electrons. The number of nitrogens with one attached hydrogen (secondary N) is 1. The zero-order chi connectivity index (χ0) is 36.0. The first-order chi connectivity index (χ1) is 23.6. The van der Waals surface area contributed by atoms with E-state index in [4.69, 9.17) is 9.47 Å². The van der Waals surface area contributed by atoms with Crippen molar-refractivity contribution in [1.82, 2.24) is 14.5 Å². The Hall–Kier alpha value is -3.48. The Kier molecular flexibility index (Phi) is 10.1. The summed E-state index contributed by atoms with van der Waals surface area (Å²) in [4.78, 5) is 71.9. The third kappa shape index (κ3) is 7.57. The van der Waals surface area contributed by atoms with Crippen LogP contribution in [0.25, 0.3) is 0 Å². The van der Waals surface area contributed by atoms with Crippen LogP contribution in [-0.4, -0.2) is 78.4 Å². The van der Waals surface area contributed by atoms with Crippen LogP contribution in [-0.2, 0) is 58.2 Å². The summed E-state index contributed by atoms with van der Waals surface area (Å²) in [6.45, 7) is 8.50. The minimum atomic E-state index is -3.82. The van der Waals surface area contributed by atoms with Gasteiger partial charge in [-0.1, -0.05) is 52.3 Å². The fourth-order valence-electron chi connectivity index (χ4n) is 8.09. The van der Waals surface area contributed by atoms with E-state index in [0.717, 1.165) is 30.4 Å². The van der Waals surface area contributed by atoms with Gasteiger partial charge in [0.25, 0.3) is 0 Å². The topological polar surface area (TPSA) is 156 Å². The van der Waals surface area contributed by atoms with Crippen LogP contribution in [0.15, 0.2) is 18.2 Å². The highest BCUT2D eigenvalue weighted by Gasteiger charge is 2.62. The number of hydrogen-bond donors (Lipinski definition) is 1. The molecule has 1 N–H and O–H groups in total. The second-order valence-corrected chi connectivity index (χ2v) is 18.1. The van der Waals surface area contributed by atoms with Gasteiger partial charge in [-0.3, -0.25) is 28.8 Å². The number of hydrogen-bond acceptors (Lipinski definition) is 9. The molecule has 12 nitrogen and oxygen atoms in total. The number of esters is 1. The highest BCUT2D eigenvalue weighted by Crippen LogP contribution is 2.58. The summed E-state index contributed by atoms with van der Waals surface area (Å²) in [6.07, 6.45) is 3.56. The van der Waals surface area contributed by atoms with Gasteiger partial charge in [0.15, 0.2) is 5.78 Å². The molecule has 3 heterocycles. The number of carbonyl (C=O) groups is 5. The average Bonchev–Trinajstić information content (AvgIpc) is 3.94. The van der Waals surface area contributed by atoms with Crippen molar-refractivity contribution in [3.05, 3.63) is 34.9 Å². The highest BCUT2D eigenvalue weighted by atomic mass is 32.2. The number of carbonyl (C=O) groups excluding carboxylic acids is 5. The lowest BCUT2D eigenvalue weighted by molar-refractivity contribution is -0.153. The number of ketones is 1. The smallest absolute Gasteiger partial charge is 0.410 e. The van der Waals surface area contributed by atoms with Crippen molar-refractivity contribution in [1.29, 1.82) is 0 Å². The van der Waals surface area contributed by atoms with Crippen LogP contribution in [0.5, 0.6) is 0 Å². The molecule has 2 aliphatic carbocycles. The summed E-state index contributed by atoms with van der Waals surface area (Å²) >= 11 is 0. The normalized spacial score (nSPS) is 29.4. The average molecular weight is 714 g/mol. The van der Waals surface area contributed by atoms with Gasteiger partial charge in [0.1, 0.15) is 6.10 Å². The molecule has 0 unspecified atom stereocenters. The maximum absolute atomic E-state index is 14.4. The zero-order valence-electron chi connectivity index (χ0n) is 29.7. The zero-order valence-corrected chi connectivity index (χ0v) is 30.5. The molecule has 3 aliphatic heterocycles. The molecule has 3 fully saturated rings. The number of nitrogens with zero attached hydrogens (tertiary/aromatic N) is 2. The Bertz CT molecular complexity index is 1650. The van der Waals surface area contributed by atoms with Crippen LogP contribution < -0.4 is 4.72 Å². The Labute approximate surface area is 295 Å². The summed E-state index contributed by atoms with van der Waals surface area (Å²) in [5.74, 6) is -2.96. The molecule has 6 rings (SSSR count). The van der Waals surface area contributed by atoms with Gasteiger partial charge < -0.3 is 14.4 Å². The van der Waals surface area contributed by atoms with Crippen LogP contribution in [0.3, 0.4) is 0 Å². The summed E-state index contributed by atoms with van der Waals surface area (Å²) in [5.41, 5.74) is 1.50. The van der Waals surface area contributed by atoms with E-state index in [0.29, 0.717) is 45.2 Å². The molecule has 5 aliphatic rings. The molecular formula is C37H51N3O9S. The monoisotopic (exact) mass is 713 g/mol. The molecule has 274 valence electrons. The molecule has 3 amide bonds. The van der Waals surface area contributed by atoms with Crippen LogP contribution in [0.2, 0.25) is 0 Å². The van der Waals surface area contributed by atoms with Gasteiger partial charge in [-0.25, -0.2) is 13.2 Å². The lowest BCUT2D eigenvalue weighted by Gasteiger charge is -2.34. The molecule has 13 heteroatoms. The molecular weight excluding hydrogens is 662 g/mol. The standard InChI is InChI=1S/C37H51N3O9S/c1-5-25-18-37(25,34(44)38-50(46,47)27-13-14-27)19-31(41)30-16-26-21-40(30)33(43)29(36(2,3)4)17-32(42)48-15-8-6-7-10-23-11-9-12-24-20-39(22-28(23)24)35(45)49-26/h9,11-12,25-27,29-30H,5-8,10,13-22H2,1-4H3,(H,38,44)/t25-,26-,29-,30+,37-/m1/s1. The summed E-state index contributed by atoms with van der Waals surface area (Å²) in [5, 5.41) is -0.588. The first-order valence-corrected chi connectivity index (χ1v) is 19.8. The van der Waals surface area contributed by atoms with E-state index in [1.54, 1.807) is 4.90 Å². The Morgan fingerprint density at radius 1 is 1.04 bits per heavy atom. The first kappa shape index (κ1) is 36.3. The van der Waals surface area contributed by atoms with E-state index >= 15 is 0 Å². The third-order valence-corrected chi connectivity index (χ3v) is 13.3. The maximum Gasteiger partial charge on any atom is 0.410 e. The van der Waals surface area contributed by atoms with Gasteiger partial charge in [-0.2, -0.15) is 0 Å². The number of fused-ring (bicyclic) bond motifs is 3. The number of benzene rings is 1. The quantitative estimate of drug-likeness (QED) is 0.405. The number of aryl methyl sites for hydroxylation is 1. The summed E-state index contributed by atoms with van der Waals surface area (Å²) in [6, 6.07) is 5.07. The number of cyclic esters (lactones) is 1. The van der Waals surface area contributed by atoms with Gasteiger partial charge in [-0.15, -0.1) is 0 Å². The number of Topliss-reactive ketones (excluding diaryl/α,β-unsaturated/α-hetero) is 1. The molecule has 50 heavy (non-hydrogen) atoms. The SMILES string of the molecule is CC[C@@H]1C[C@]1(CC(=O)[C@@H]1C[C@@H]2CN1C(=O)[C@H](C(C)(C)C)CC(=O)OCCCCCc1cccc3c1CN(C3)C(=O)O2)C(=O)NS(=O)(=O)C1CC1. The van der Waals surface area contributed by atoms with E-state index in [1.807, 2.05) is 39.8 Å². The van der Waals surface area contributed by atoms with Crippen molar-refractivity contribution < 1.29 is 41.9 Å². The van der Waals surface area contributed by atoms with Crippen molar-refractivity contribution in [3.63, 3.8) is 0 Å². The molecule has 5 atom stereocenters. The van der Waals surface area contributed by atoms with E-state index in [1.165, 1.54) is 10.5 Å². The lowest BCUT2D eigenvalue weighted by atomic mass is 9.77. The maximum atomic E-state index is 14.4. The van der Waals surface area contributed by atoms with Crippen LogP contribution in [0, 0.1) is 22.7 Å². The van der Waals surface area contributed by atoms with E-state index < -0.39 is 68.0 Å². The van der Waals surface area contributed by atoms with E-state index in [9.17, 15) is 32.4 Å². The third-order valence-electron chi connectivity index (χ3n) is 11.5. The van der Waals surface area contributed by atoms with Crippen LogP contribution in [0.1, 0.15) is 109 Å². The van der Waals surface area contributed by atoms with Gasteiger partial charge in [-0.05, 0) is 73.0 Å². The largest absolute Gasteiger partial charge is 0.466 e. The summed E-state index contributed by atoms with van der Waals surface area (Å²) < 4.78 is 39.2. The van der Waals surface area contributed by atoms with Gasteiger partial charge in [0.05, 0.1) is 42.2 Å². The summed E-state index contributed by atoms with van der Waals surface area (Å²) in [7, 11) is -3.82. The predicted molar refractivity (Wildman–Crippen MR) is 183 cm³/mol. The Balaban J connectivity index is 1.26. The molecule has 4 bridgehead atoms. The molecule has 0 aromatic heterocycles. The van der Waals surface area contributed by atoms with E-state index in [-0.39, 0.29) is 44.1 Å². The van der Waals surface area contributed by atoms with E-state index in [2.05, 4.69) is 10.8 Å². The molecule has 2 saturated carbocycles. The van der Waals surface area contributed by atoms with Crippen molar-refractivity contribution >= 4 is 39.7 Å². The van der Waals surface area contributed by atoms with Gasteiger partial charge in [0, 0.05) is 25.9 Å². The number of ether oxygens (including phenoxy) is 2. The molecule has 1 aromatic rings. The number of sulfonamides is 1. The van der Waals surface area contributed by atoms with Crippen molar-refractivity contribution in [2.45, 2.75) is 129 Å². The number of rotatable bonds is 7. The van der Waals surface area contributed by atoms with Crippen molar-refractivity contribution in [3.8, 4) is 0 Å². The first-order valence-electron chi connectivity index (χ1n) is 18.2. The second kappa shape index (κ2) is 13.9. The van der Waals surface area contributed by atoms with Gasteiger partial charge in [0.2, 0.25) is 21.8 Å². The minimum Gasteiger partial charge on any atom is -0.466 e. The van der Waals surface area contributed by atoms with Crippen molar-refractivity contribution in [2.75, 3.05) is 13.2 Å². The van der Waals surface area contributed by atoms with Gasteiger partial charge >= 0.3 is 12.1 Å². The molecule has 1 aromatic carbocycles.